The highest BCUT2D eigenvalue weighted by Crippen LogP contribution is 2.45. The summed E-state index contributed by atoms with van der Waals surface area (Å²) < 4.78 is 16.2. The van der Waals surface area contributed by atoms with Crippen LogP contribution < -0.4 is 14.8 Å². The molecule has 0 radical (unpaired) electrons. The number of hydrogen-bond donors (Lipinski definition) is 1. The number of cyclic esters (lactones) is 1. The number of rotatable bonds is 5. The van der Waals surface area contributed by atoms with Gasteiger partial charge in [-0.3, -0.25) is 14.5 Å². The Morgan fingerprint density at radius 3 is 2.55 bits per heavy atom. The average Bonchev–Trinajstić information content (AvgIpc) is 3.29. The van der Waals surface area contributed by atoms with E-state index in [2.05, 4.69) is 5.32 Å². The predicted molar refractivity (Wildman–Crippen MR) is 112 cm³/mol. The van der Waals surface area contributed by atoms with Gasteiger partial charge in [-0.1, -0.05) is 6.07 Å². The van der Waals surface area contributed by atoms with Gasteiger partial charge in [0.05, 0.1) is 14.2 Å². The van der Waals surface area contributed by atoms with Crippen LogP contribution >= 0.6 is 0 Å². The van der Waals surface area contributed by atoms with Crippen molar-refractivity contribution in [3.63, 3.8) is 0 Å². The Hall–Kier alpha value is -3.55. The molecule has 8 heteroatoms. The molecular weight excluding hydrogens is 400 g/mol. The Bertz CT molecular complexity index is 1080. The maximum absolute atomic E-state index is 13.1. The molecule has 1 N–H and O–H groups in total. The van der Waals surface area contributed by atoms with Crippen molar-refractivity contribution >= 4 is 23.5 Å². The molecule has 1 saturated heterocycles. The molecule has 2 aromatic carbocycles. The Morgan fingerprint density at radius 2 is 1.87 bits per heavy atom. The van der Waals surface area contributed by atoms with Gasteiger partial charge in [-0.05, 0) is 55.7 Å². The standard InChI is InChI=1S/C23H24N2O6/c1-12-5-6-14(11-13(12)2)24-21(27)16-8-10-18(26)25(16)22-15-7-9-17(29-3)20(30-4)19(15)23(28)31-22/h5-7,9,11,16,22H,8,10H2,1-4H3,(H,24,27)/t16-,22+/m0/s1. The molecule has 2 amide bonds. The molecule has 2 aliphatic rings. The third-order valence-electron chi connectivity index (χ3n) is 5.85. The largest absolute Gasteiger partial charge is 0.493 e. The molecule has 162 valence electrons. The first-order valence-corrected chi connectivity index (χ1v) is 10.0. The van der Waals surface area contributed by atoms with Crippen LogP contribution in [0.5, 0.6) is 11.5 Å². The van der Waals surface area contributed by atoms with E-state index >= 15 is 0 Å². The number of carbonyl (C=O) groups is 3. The number of fused-ring (bicyclic) bond motifs is 1. The molecule has 0 saturated carbocycles. The molecule has 1 fully saturated rings. The molecule has 0 bridgehead atoms. The molecule has 31 heavy (non-hydrogen) atoms. The lowest BCUT2D eigenvalue weighted by Crippen LogP contribution is -2.43. The van der Waals surface area contributed by atoms with Gasteiger partial charge in [-0.2, -0.15) is 0 Å². The SMILES string of the molecule is COc1ccc2c(c1OC)C(=O)O[C@H]2N1C(=O)CC[C@H]1C(=O)Nc1ccc(C)c(C)c1. The van der Waals surface area contributed by atoms with Crippen LogP contribution in [0.4, 0.5) is 5.69 Å². The smallest absolute Gasteiger partial charge is 0.344 e. The molecule has 0 aromatic heterocycles. The van der Waals surface area contributed by atoms with Gasteiger partial charge in [0, 0.05) is 17.7 Å². The Balaban J connectivity index is 1.64. The zero-order valence-electron chi connectivity index (χ0n) is 17.9. The maximum atomic E-state index is 13.1. The number of hydrogen-bond acceptors (Lipinski definition) is 6. The van der Waals surface area contributed by atoms with Gasteiger partial charge in [0.25, 0.3) is 0 Å². The van der Waals surface area contributed by atoms with Crippen molar-refractivity contribution in [2.45, 2.75) is 39.0 Å². The number of nitrogens with zero attached hydrogens (tertiary/aromatic N) is 1. The molecule has 2 heterocycles. The van der Waals surface area contributed by atoms with Crippen LogP contribution in [0.15, 0.2) is 30.3 Å². The molecule has 2 aliphatic heterocycles. The van der Waals surface area contributed by atoms with Crippen LogP contribution in [0, 0.1) is 13.8 Å². The van der Waals surface area contributed by atoms with Crippen LogP contribution in [-0.2, 0) is 14.3 Å². The van der Waals surface area contributed by atoms with Crippen molar-refractivity contribution in [1.82, 2.24) is 4.90 Å². The van der Waals surface area contributed by atoms with Crippen molar-refractivity contribution in [3.05, 3.63) is 52.6 Å². The minimum absolute atomic E-state index is 0.196. The molecule has 8 nitrogen and oxygen atoms in total. The molecule has 0 unspecified atom stereocenters. The molecule has 4 rings (SSSR count). The van der Waals surface area contributed by atoms with Crippen molar-refractivity contribution in [2.75, 3.05) is 19.5 Å². The van der Waals surface area contributed by atoms with E-state index in [1.165, 1.54) is 19.1 Å². The van der Waals surface area contributed by atoms with Crippen LogP contribution in [0.25, 0.3) is 0 Å². The van der Waals surface area contributed by atoms with E-state index in [0.29, 0.717) is 23.4 Å². The highest BCUT2D eigenvalue weighted by atomic mass is 16.6. The lowest BCUT2D eigenvalue weighted by molar-refractivity contribution is -0.144. The number of anilines is 1. The van der Waals surface area contributed by atoms with Gasteiger partial charge in [-0.25, -0.2) is 4.79 Å². The topological polar surface area (TPSA) is 94.2 Å². The second kappa shape index (κ2) is 7.94. The van der Waals surface area contributed by atoms with Gasteiger partial charge < -0.3 is 19.5 Å². The summed E-state index contributed by atoms with van der Waals surface area (Å²) in [5.41, 5.74) is 3.51. The zero-order valence-corrected chi connectivity index (χ0v) is 17.9. The number of nitrogens with one attached hydrogen (secondary N) is 1. The normalized spacial score (nSPS) is 19.8. The van der Waals surface area contributed by atoms with Crippen molar-refractivity contribution < 1.29 is 28.6 Å². The summed E-state index contributed by atoms with van der Waals surface area (Å²) in [7, 11) is 2.90. The lowest BCUT2D eigenvalue weighted by Gasteiger charge is -2.29. The number of esters is 1. The fourth-order valence-corrected chi connectivity index (χ4v) is 4.09. The summed E-state index contributed by atoms with van der Waals surface area (Å²) in [5, 5.41) is 2.88. The van der Waals surface area contributed by atoms with E-state index in [1.807, 2.05) is 32.0 Å². The van der Waals surface area contributed by atoms with E-state index in [0.717, 1.165) is 11.1 Å². The van der Waals surface area contributed by atoms with E-state index in [9.17, 15) is 14.4 Å². The molecule has 2 atom stereocenters. The van der Waals surface area contributed by atoms with Crippen LogP contribution in [0.1, 0.15) is 46.1 Å². The van der Waals surface area contributed by atoms with Crippen LogP contribution in [0.2, 0.25) is 0 Å². The van der Waals surface area contributed by atoms with E-state index in [-0.39, 0.29) is 29.5 Å². The molecular formula is C23H24N2O6. The van der Waals surface area contributed by atoms with Gasteiger partial charge in [0.2, 0.25) is 18.0 Å². The Kier molecular flexibility index (Phi) is 5.31. The summed E-state index contributed by atoms with van der Waals surface area (Å²) in [6.45, 7) is 3.96. The number of likely N-dealkylation sites (tertiary alicyclic amines) is 1. The fraction of sp³-hybridized carbons (Fsp3) is 0.348. The fourth-order valence-electron chi connectivity index (χ4n) is 4.09. The van der Waals surface area contributed by atoms with Gasteiger partial charge in [0.1, 0.15) is 11.6 Å². The number of benzene rings is 2. The summed E-state index contributed by atoms with van der Waals surface area (Å²) >= 11 is 0. The first-order valence-electron chi connectivity index (χ1n) is 10.0. The molecule has 0 aliphatic carbocycles. The Morgan fingerprint density at radius 1 is 1.10 bits per heavy atom. The van der Waals surface area contributed by atoms with E-state index < -0.39 is 18.2 Å². The number of carbonyl (C=O) groups excluding carboxylic acids is 3. The van der Waals surface area contributed by atoms with Gasteiger partial charge in [0.15, 0.2) is 11.5 Å². The zero-order chi connectivity index (χ0) is 22.3. The third-order valence-corrected chi connectivity index (χ3v) is 5.85. The number of aryl methyl sites for hydroxylation is 2. The summed E-state index contributed by atoms with van der Waals surface area (Å²) in [4.78, 5) is 39.8. The first-order chi connectivity index (χ1) is 14.8. The lowest BCUT2D eigenvalue weighted by atomic mass is 10.0. The number of ether oxygens (including phenoxy) is 3. The summed E-state index contributed by atoms with van der Waals surface area (Å²) in [6.07, 6.45) is -0.457. The Labute approximate surface area is 180 Å². The van der Waals surface area contributed by atoms with Crippen molar-refractivity contribution in [1.29, 1.82) is 0 Å². The van der Waals surface area contributed by atoms with Crippen LogP contribution in [-0.4, -0.2) is 42.9 Å². The highest BCUT2D eigenvalue weighted by molar-refractivity contribution is 6.01. The minimum Gasteiger partial charge on any atom is -0.493 e. The average molecular weight is 424 g/mol. The van der Waals surface area contributed by atoms with E-state index in [1.54, 1.807) is 12.1 Å². The number of amides is 2. The monoisotopic (exact) mass is 424 g/mol. The first kappa shape index (κ1) is 20.7. The second-order valence-corrected chi connectivity index (χ2v) is 7.67. The third kappa shape index (κ3) is 3.48. The summed E-state index contributed by atoms with van der Waals surface area (Å²) in [6, 6.07) is 8.19. The maximum Gasteiger partial charge on any atom is 0.344 e. The predicted octanol–water partition coefficient (Wildman–Crippen LogP) is 3.12. The van der Waals surface area contributed by atoms with Crippen molar-refractivity contribution in [2.24, 2.45) is 0 Å². The van der Waals surface area contributed by atoms with Gasteiger partial charge >= 0.3 is 5.97 Å². The van der Waals surface area contributed by atoms with E-state index in [4.69, 9.17) is 14.2 Å². The molecule has 0 spiro atoms. The second-order valence-electron chi connectivity index (χ2n) is 7.67. The van der Waals surface area contributed by atoms with Crippen LogP contribution in [0.3, 0.4) is 0 Å². The van der Waals surface area contributed by atoms with Crippen molar-refractivity contribution in [3.8, 4) is 11.5 Å². The molecule has 2 aromatic rings. The van der Waals surface area contributed by atoms with Gasteiger partial charge in [-0.15, -0.1) is 0 Å². The highest BCUT2D eigenvalue weighted by Gasteiger charge is 2.47. The minimum atomic E-state index is -0.993. The quantitative estimate of drug-likeness (QED) is 0.742. The summed E-state index contributed by atoms with van der Waals surface area (Å²) in [5.74, 6) is -0.561. The number of methoxy groups -OCH3 is 2.